The predicted molar refractivity (Wildman–Crippen MR) is 190 cm³/mol. The van der Waals surface area contributed by atoms with Crippen LogP contribution in [0, 0.1) is 0 Å². The summed E-state index contributed by atoms with van der Waals surface area (Å²) in [6, 6.07) is 30.9. The molecule has 4 aromatic carbocycles. The van der Waals surface area contributed by atoms with Crippen molar-refractivity contribution in [1.29, 1.82) is 0 Å². The van der Waals surface area contributed by atoms with E-state index in [1.54, 1.807) is 54.6 Å². The summed E-state index contributed by atoms with van der Waals surface area (Å²) < 4.78 is 0. The normalized spacial score (nSPS) is 11.1. The maximum absolute atomic E-state index is 13.5. The number of hydrogen-bond donors (Lipinski definition) is 3. The molecule has 0 bridgehead atoms. The molecule has 46 heavy (non-hydrogen) atoms. The molecule has 0 saturated carbocycles. The zero-order valence-electron chi connectivity index (χ0n) is 25.0. The van der Waals surface area contributed by atoms with Crippen LogP contribution in [-0.4, -0.2) is 42.6 Å². The highest BCUT2D eigenvalue weighted by Gasteiger charge is 2.16. The SMILES string of the molecule is CN(C)c1ccc(/C=C(/NC(=O)c2ccccc2)C(=O)Nc2cccc(SCC(=O)Nc3nc(-c4ccccc4Cl)cs3)c2)cc1. The van der Waals surface area contributed by atoms with E-state index in [0.29, 0.717) is 27.1 Å². The number of nitrogens with one attached hydrogen (secondary N) is 3. The van der Waals surface area contributed by atoms with Gasteiger partial charge in [0.1, 0.15) is 5.70 Å². The van der Waals surface area contributed by atoms with Gasteiger partial charge < -0.3 is 20.9 Å². The number of amides is 3. The second-order valence-electron chi connectivity index (χ2n) is 10.2. The van der Waals surface area contributed by atoms with Crippen molar-refractivity contribution in [2.24, 2.45) is 0 Å². The van der Waals surface area contributed by atoms with E-state index in [-0.39, 0.29) is 17.4 Å². The number of anilines is 3. The van der Waals surface area contributed by atoms with Gasteiger partial charge in [0.2, 0.25) is 5.91 Å². The third kappa shape index (κ3) is 8.85. The summed E-state index contributed by atoms with van der Waals surface area (Å²) in [5, 5.41) is 11.4. The molecule has 0 saturated heterocycles. The fourth-order valence-electron chi connectivity index (χ4n) is 4.27. The fraction of sp³-hybridized carbons (Fsp3) is 0.0857. The van der Waals surface area contributed by atoms with Crippen LogP contribution in [0.1, 0.15) is 15.9 Å². The van der Waals surface area contributed by atoms with E-state index in [1.165, 1.54) is 23.1 Å². The summed E-state index contributed by atoms with van der Waals surface area (Å²) in [6.07, 6.45) is 1.63. The number of rotatable bonds is 11. The second kappa shape index (κ2) is 15.4. The molecule has 0 fully saturated rings. The Bertz CT molecular complexity index is 1870. The van der Waals surface area contributed by atoms with Crippen molar-refractivity contribution < 1.29 is 14.4 Å². The molecule has 0 unspecified atom stereocenters. The summed E-state index contributed by atoms with van der Waals surface area (Å²) in [5.41, 5.74) is 4.28. The molecular formula is C35H30ClN5O3S2. The van der Waals surface area contributed by atoms with Gasteiger partial charge in [-0.05, 0) is 60.2 Å². The molecule has 0 aliphatic carbocycles. The molecule has 232 valence electrons. The summed E-state index contributed by atoms with van der Waals surface area (Å²) in [5.74, 6) is -0.964. The average molecular weight is 668 g/mol. The Hall–Kier alpha value is -4.90. The number of thioether (sulfide) groups is 1. The minimum Gasteiger partial charge on any atom is -0.378 e. The van der Waals surface area contributed by atoms with E-state index < -0.39 is 11.8 Å². The largest absolute Gasteiger partial charge is 0.378 e. The van der Waals surface area contributed by atoms with Crippen LogP contribution in [0.2, 0.25) is 5.02 Å². The van der Waals surface area contributed by atoms with Crippen molar-refractivity contribution in [3.63, 3.8) is 0 Å². The number of thiazole rings is 1. The highest BCUT2D eigenvalue weighted by Crippen LogP contribution is 2.30. The molecule has 3 amide bonds. The van der Waals surface area contributed by atoms with E-state index in [1.807, 2.05) is 79.0 Å². The first-order chi connectivity index (χ1) is 22.2. The van der Waals surface area contributed by atoms with E-state index in [9.17, 15) is 14.4 Å². The van der Waals surface area contributed by atoms with Gasteiger partial charge in [-0.1, -0.05) is 66.2 Å². The van der Waals surface area contributed by atoms with Gasteiger partial charge >= 0.3 is 0 Å². The van der Waals surface area contributed by atoms with Crippen molar-refractivity contribution in [3.8, 4) is 11.3 Å². The quantitative estimate of drug-likeness (QED) is 0.0987. The molecule has 0 aliphatic rings. The minimum absolute atomic E-state index is 0.0866. The maximum atomic E-state index is 13.5. The molecule has 3 N–H and O–H groups in total. The van der Waals surface area contributed by atoms with Gasteiger partial charge in [0, 0.05) is 51.9 Å². The van der Waals surface area contributed by atoms with Crippen molar-refractivity contribution >= 4 is 75.0 Å². The van der Waals surface area contributed by atoms with Gasteiger partial charge in [-0.3, -0.25) is 14.4 Å². The molecule has 0 aliphatic heterocycles. The molecule has 11 heteroatoms. The fourth-order valence-corrected chi connectivity index (χ4v) is 5.98. The van der Waals surface area contributed by atoms with Crippen molar-refractivity contribution in [2.45, 2.75) is 4.90 Å². The first-order valence-corrected chi connectivity index (χ1v) is 16.4. The second-order valence-corrected chi connectivity index (χ2v) is 12.5. The number of carbonyl (C=O) groups excluding carboxylic acids is 3. The van der Waals surface area contributed by atoms with E-state index in [4.69, 9.17) is 11.6 Å². The molecule has 5 aromatic rings. The van der Waals surface area contributed by atoms with Crippen LogP contribution in [-0.2, 0) is 9.59 Å². The first-order valence-electron chi connectivity index (χ1n) is 14.1. The van der Waals surface area contributed by atoms with E-state index in [2.05, 4.69) is 20.9 Å². The lowest BCUT2D eigenvalue weighted by Crippen LogP contribution is -2.30. The Morgan fingerprint density at radius 1 is 0.891 bits per heavy atom. The van der Waals surface area contributed by atoms with Gasteiger partial charge in [-0.15, -0.1) is 23.1 Å². The molecule has 0 spiro atoms. The molecule has 1 aromatic heterocycles. The maximum Gasteiger partial charge on any atom is 0.272 e. The third-order valence-electron chi connectivity index (χ3n) is 6.61. The summed E-state index contributed by atoms with van der Waals surface area (Å²) >= 11 is 8.92. The van der Waals surface area contributed by atoms with Crippen LogP contribution < -0.4 is 20.9 Å². The van der Waals surface area contributed by atoms with Crippen molar-refractivity contribution in [1.82, 2.24) is 10.3 Å². The highest BCUT2D eigenvalue weighted by molar-refractivity contribution is 8.00. The number of carbonyl (C=O) groups is 3. The van der Waals surface area contributed by atoms with Gasteiger partial charge in [0.15, 0.2) is 5.13 Å². The Kier molecular flexibility index (Phi) is 10.9. The lowest BCUT2D eigenvalue weighted by atomic mass is 10.1. The molecule has 0 atom stereocenters. The Morgan fingerprint density at radius 3 is 2.37 bits per heavy atom. The topological polar surface area (TPSA) is 103 Å². The summed E-state index contributed by atoms with van der Waals surface area (Å²) in [7, 11) is 3.89. The molecule has 5 rings (SSSR count). The van der Waals surface area contributed by atoms with Crippen LogP contribution in [0.4, 0.5) is 16.5 Å². The Balaban J connectivity index is 1.24. The standard InChI is InChI=1S/C35H30ClN5O3S2/c1-41(2)26-17-15-23(16-18-26)19-30(38-33(43)24-9-4-3-5-10-24)34(44)37-25-11-8-12-27(20-25)45-22-32(42)40-35-39-31(21-46-35)28-13-6-7-14-29(28)36/h3-21H,22H2,1-2H3,(H,37,44)(H,38,43)(H,39,40,42)/b30-19+. The smallest absolute Gasteiger partial charge is 0.272 e. The monoisotopic (exact) mass is 667 g/mol. The molecular weight excluding hydrogens is 638 g/mol. The first kappa shape index (κ1) is 32.5. The molecule has 0 radical (unpaired) electrons. The summed E-state index contributed by atoms with van der Waals surface area (Å²) in [6.45, 7) is 0. The van der Waals surface area contributed by atoms with Crippen molar-refractivity contribution in [2.75, 3.05) is 35.4 Å². The number of aromatic nitrogens is 1. The van der Waals surface area contributed by atoms with E-state index in [0.717, 1.165) is 21.7 Å². The van der Waals surface area contributed by atoms with Crippen LogP contribution in [0.25, 0.3) is 17.3 Å². The van der Waals surface area contributed by atoms with Crippen LogP contribution >= 0.6 is 34.7 Å². The molecule has 8 nitrogen and oxygen atoms in total. The third-order valence-corrected chi connectivity index (χ3v) is 8.69. The molecule has 1 heterocycles. The van der Waals surface area contributed by atoms with Crippen molar-refractivity contribution in [3.05, 3.63) is 130 Å². The van der Waals surface area contributed by atoms with Gasteiger partial charge in [-0.2, -0.15) is 0 Å². The number of nitrogens with zero attached hydrogens (tertiary/aromatic N) is 2. The van der Waals surface area contributed by atoms with E-state index >= 15 is 0 Å². The lowest BCUT2D eigenvalue weighted by Gasteiger charge is -2.14. The van der Waals surface area contributed by atoms with Crippen LogP contribution in [0.5, 0.6) is 0 Å². The number of benzene rings is 4. The van der Waals surface area contributed by atoms with Gasteiger partial charge in [0.05, 0.1) is 11.4 Å². The average Bonchev–Trinajstić information content (AvgIpc) is 3.52. The zero-order valence-corrected chi connectivity index (χ0v) is 27.4. The lowest BCUT2D eigenvalue weighted by molar-refractivity contribution is -0.114. The Morgan fingerprint density at radius 2 is 1.63 bits per heavy atom. The van der Waals surface area contributed by atoms with Gasteiger partial charge in [0.25, 0.3) is 11.8 Å². The number of hydrogen-bond acceptors (Lipinski definition) is 7. The zero-order chi connectivity index (χ0) is 32.5. The van der Waals surface area contributed by atoms with Crippen LogP contribution in [0.15, 0.2) is 119 Å². The predicted octanol–water partition coefficient (Wildman–Crippen LogP) is 7.67. The Labute approximate surface area is 280 Å². The van der Waals surface area contributed by atoms with Gasteiger partial charge in [-0.25, -0.2) is 4.98 Å². The highest BCUT2D eigenvalue weighted by atomic mass is 35.5. The summed E-state index contributed by atoms with van der Waals surface area (Å²) in [4.78, 5) is 46.4. The van der Waals surface area contributed by atoms with Crippen LogP contribution in [0.3, 0.4) is 0 Å². The minimum atomic E-state index is -0.487. The number of halogens is 1.